The quantitative estimate of drug-likeness (QED) is 0.549. The third-order valence-corrected chi connectivity index (χ3v) is 3.64. The molecule has 0 saturated heterocycles. The van der Waals surface area contributed by atoms with Crippen molar-refractivity contribution in [1.82, 2.24) is 4.98 Å². The molecule has 0 amide bonds. The van der Waals surface area contributed by atoms with E-state index in [-0.39, 0.29) is 17.1 Å². The average Bonchev–Trinajstić information content (AvgIpc) is 2.59. The predicted molar refractivity (Wildman–Crippen MR) is 92.9 cm³/mol. The summed E-state index contributed by atoms with van der Waals surface area (Å²) in [6, 6.07) is 13.1. The van der Waals surface area contributed by atoms with Crippen LogP contribution in [0.15, 0.2) is 60.7 Å². The summed E-state index contributed by atoms with van der Waals surface area (Å²) in [7, 11) is 0. The predicted octanol–water partition coefficient (Wildman–Crippen LogP) is 5.80. The van der Waals surface area contributed by atoms with E-state index in [2.05, 4.69) is 14.5 Å². The number of pyridine rings is 1. The lowest BCUT2D eigenvalue weighted by Gasteiger charge is -2.14. The van der Waals surface area contributed by atoms with Crippen molar-refractivity contribution in [2.24, 2.45) is 0 Å². The van der Waals surface area contributed by atoms with E-state index in [1.165, 1.54) is 36.4 Å². The molecule has 29 heavy (non-hydrogen) atoms. The fourth-order valence-corrected chi connectivity index (χ4v) is 2.63. The Hall–Kier alpha value is -3.43. The van der Waals surface area contributed by atoms with Gasteiger partial charge in [0, 0.05) is 11.1 Å². The Balaban J connectivity index is 2.06. The lowest BCUT2D eigenvalue weighted by atomic mass is 9.99. The van der Waals surface area contributed by atoms with Gasteiger partial charge in [0.25, 0.3) is 0 Å². The van der Waals surface area contributed by atoms with Crippen molar-refractivity contribution in [2.45, 2.75) is 12.7 Å². The van der Waals surface area contributed by atoms with Gasteiger partial charge in [-0.15, -0.1) is 26.3 Å². The van der Waals surface area contributed by atoms with Gasteiger partial charge >= 0.3 is 12.7 Å². The molecule has 0 fully saturated rings. The Morgan fingerprint density at radius 1 is 0.690 bits per heavy atom. The zero-order valence-corrected chi connectivity index (χ0v) is 14.4. The molecule has 0 radical (unpaired) electrons. The summed E-state index contributed by atoms with van der Waals surface area (Å²) in [6.07, 6.45) is -9.75. The van der Waals surface area contributed by atoms with Crippen LogP contribution in [0.25, 0.3) is 22.4 Å². The molecule has 4 nitrogen and oxygen atoms in total. The Kier molecular flexibility index (Phi) is 5.27. The molecule has 1 heterocycles. The van der Waals surface area contributed by atoms with Crippen LogP contribution in [0.1, 0.15) is 0 Å². The van der Waals surface area contributed by atoms with Crippen LogP contribution >= 0.6 is 0 Å². The third kappa shape index (κ3) is 5.53. The molecule has 3 aromatic rings. The van der Waals surface area contributed by atoms with Crippen molar-refractivity contribution >= 4 is 5.82 Å². The monoisotopic (exact) mass is 414 g/mol. The lowest BCUT2D eigenvalue weighted by molar-refractivity contribution is -0.275. The number of ether oxygens (including phenoxy) is 2. The number of nitrogens with zero attached hydrogens (tertiary/aromatic N) is 1. The maximum absolute atomic E-state index is 12.5. The van der Waals surface area contributed by atoms with E-state index in [9.17, 15) is 26.3 Å². The van der Waals surface area contributed by atoms with Gasteiger partial charge < -0.3 is 15.2 Å². The van der Waals surface area contributed by atoms with Crippen molar-refractivity contribution < 1.29 is 35.8 Å². The van der Waals surface area contributed by atoms with Gasteiger partial charge in [-0.3, -0.25) is 0 Å². The number of anilines is 1. The number of aromatic nitrogens is 1. The number of benzene rings is 2. The van der Waals surface area contributed by atoms with Gasteiger partial charge in [0.1, 0.15) is 17.3 Å². The first kappa shape index (κ1) is 20.3. The van der Waals surface area contributed by atoms with E-state index in [0.717, 1.165) is 24.3 Å². The van der Waals surface area contributed by atoms with Gasteiger partial charge in [-0.25, -0.2) is 4.98 Å². The fraction of sp³-hybridized carbons (Fsp3) is 0.105. The van der Waals surface area contributed by atoms with E-state index in [0.29, 0.717) is 11.1 Å². The molecule has 0 unspecified atom stereocenters. The first-order valence-corrected chi connectivity index (χ1v) is 7.99. The maximum Gasteiger partial charge on any atom is 0.573 e. The van der Waals surface area contributed by atoms with Crippen molar-refractivity contribution in [2.75, 3.05) is 5.73 Å². The molecule has 2 N–H and O–H groups in total. The van der Waals surface area contributed by atoms with Crippen LogP contribution in [0, 0.1) is 0 Å². The zero-order valence-electron chi connectivity index (χ0n) is 14.4. The summed E-state index contributed by atoms with van der Waals surface area (Å²) in [5.41, 5.74) is 6.75. The smallest absolute Gasteiger partial charge is 0.406 e. The molecular formula is C19H12F6N2O2. The molecule has 0 aliphatic carbocycles. The second kappa shape index (κ2) is 7.53. The number of nitrogen functional groups attached to an aromatic ring is 1. The molecule has 0 aliphatic rings. The largest absolute Gasteiger partial charge is 0.573 e. The molecule has 0 saturated carbocycles. The van der Waals surface area contributed by atoms with Crippen molar-refractivity contribution in [3.05, 3.63) is 60.7 Å². The summed E-state index contributed by atoms with van der Waals surface area (Å²) < 4.78 is 82.8. The summed E-state index contributed by atoms with van der Waals surface area (Å²) in [6.45, 7) is 0. The van der Waals surface area contributed by atoms with Crippen LogP contribution in [-0.2, 0) is 0 Å². The summed E-state index contributed by atoms with van der Waals surface area (Å²) in [5, 5.41) is 0. The van der Waals surface area contributed by atoms with Crippen LogP contribution in [0.2, 0.25) is 0 Å². The molecule has 0 atom stereocenters. The topological polar surface area (TPSA) is 57.4 Å². The second-order valence-corrected chi connectivity index (χ2v) is 5.78. The highest BCUT2D eigenvalue weighted by molar-refractivity contribution is 5.82. The Bertz CT molecular complexity index is 1020. The van der Waals surface area contributed by atoms with Gasteiger partial charge in [0.05, 0.1) is 5.69 Å². The molecule has 0 aliphatic heterocycles. The number of halogens is 6. The summed E-state index contributed by atoms with van der Waals surface area (Å²) in [4.78, 5) is 4.14. The number of hydrogen-bond acceptors (Lipinski definition) is 4. The first-order valence-electron chi connectivity index (χ1n) is 7.99. The maximum atomic E-state index is 12.5. The molecule has 0 spiro atoms. The highest BCUT2D eigenvalue weighted by Gasteiger charge is 2.32. The highest BCUT2D eigenvalue weighted by Crippen LogP contribution is 2.36. The molecule has 1 aromatic heterocycles. The van der Waals surface area contributed by atoms with Crippen molar-refractivity contribution in [3.8, 4) is 33.9 Å². The number of nitrogens with two attached hydrogens (primary N) is 1. The van der Waals surface area contributed by atoms with Crippen LogP contribution < -0.4 is 15.2 Å². The van der Waals surface area contributed by atoms with Crippen LogP contribution in [0.4, 0.5) is 32.2 Å². The Morgan fingerprint density at radius 3 is 1.76 bits per heavy atom. The van der Waals surface area contributed by atoms with Crippen molar-refractivity contribution in [3.63, 3.8) is 0 Å². The average molecular weight is 414 g/mol. The Labute approximate surface area is 160 Å². The van der Waals surface area contributed by atoms with E-state index in [1.54, 1.807) is 0 Å². The molecule has 2 aromatic carbocycles. The normalized spacial score (nSPS) is 11.9. The number of alkyl halides is 6. The summed E-state index contributed by atoms with van der Waals surface area (Å²) in [5.74, 6) is -0.847. The van der Waals surface area contributed by atoms with Crippen LogP contribution in [-0.4, -0.2) is 17.7 Å². The van der Waals surface area contributed by atoms with Gasteiger partial charge in [-0.1, -0.05) is 24.3 Å². The molecule has 10 heteroatoms. The van der Waals surface area contributed by atoms with E-state index in [4.69, 9.17) is 5.73 Å². The first-order chi connectivity index (χ1) is 13.5. The second-order valence-electron chi connectivity index (χ2n) is 5.78. The SMILES string of the molecule is Nc1ccc(-c2cccc(OC(F)(F)F)c2)c(-c2cccc(OC(F)(F)F)c2)n1. The van der Waals surface area contributed by atoms with E-state index in [1.807, 2.05) is 0 Å². The van der Waals surface area contributed by atoms with Crippen molar-refractivity contribution in [1.29, 1.82) is 0 Å². The van der Waals surface area contributed by atoms with Gasteiger partial charge in [-0.05, 0) is 42.0 Å². The number of rotatable bonds is 4. The standard InChI is InChI=1S/C19H12F6N2O2/c20-18(21,22)28-13-5-1-3-11(9-13)15-7-8-16(26)27-17(15)12-4-2-6-14(10-12)29-19(23,24)25/h1-10H,(H2,26,27). The molecule has 0 bridgehead atoms. The Morgan fingerprint density at radius 2 is 1.21 bits per heavy atom. The van der Waals surface area contributed by atoms with Gasteiger partial charge in [0.2, 0.25) is 0 Å². The van der Waals surface area contributed by atoms with Crippen LogP contribution in [0.5, 0.6) is 11.5 Å². The molecule has 152 valence electrons. The summed E-state index contributed by atoms with van der Waals surface area (Å²) >= 11 is 0. The zero-order chi connectivity index (χ0) is 21.2. The molecule has 3 rings (SSSR count). The van der Waals surface area contributed by atoms with Gasteiger partial charge in [0.15, 0.2) is 0 Å². The van der Waals surface area contributed by atoms with Gasteiger partial charge in [-0.2, -0.15) is 0 Å². The lowest BCUT2D eigenvalue weighted by Crippen LogP contribution is -2.17. The molecular weight excluding hydrogens is 402 g/mol. The minimum Gasteiger partial charge on any atom is -0.406 e. The van der Waals surface area contributed by atoms with Crippen LogP contribution in [0.3, 0.4) is 0 Å². The fourth-order valence-electron chi connectivity index (χ4n) is 2.63. The minimum absolute atomic E-state index is 0.0774. The van der Waals surface area contributed by atoms with E-state index < -0.39 is 24.2 Å². The van der Waals surface area contributed by atoms with E-state index >= 15 is 0 Å². The number of hydrogen-bond donors (Lipinski definition) is 1. The highest BCUT2D eigenvalue weighted by atomic mass is 19.4. The minimum atomic E-state index is -4.88. The third-order valence-electron chi connectivity index (χ3n) is 3.64.